The van der Waals surface area contributed by atoms with E-state index in [1.807, 2.05) is 0 Å². The van der Waals surface area contributed by atoms with E-state index in [9.17, 15) is 4.79 Å². The van der Waals surface area contributed by atoms with Gasteiger partial charge in [0.25, 0.3) is 0 Å². The summed E-state index contributed by atoms with van der Waals surface area (Å²) < 4.78 is 4.93. The van der Waals surface area contributed by atoms with Gasteiger partial charge in [0, 0.05) is 6.04 Å². The molecule has 0 saturated heterocycles. The molecule has 0 aromatic heterocycles. The molecule has 2 saturated carbocycles. The predicted octanol–water partition coefficient (Wildman–Crippen LogP) is 2.25. The molecule has 0 aromatic rings. The van der Waals surface area contributed by atoms with Gasteiger partial charge in [0.2, 0.25) is 0 Å². The lowest BCUT2D eigenvalue weighted by atomic mass is 9.97. The van der Waals surface area contributed by atoms with Crippen molar-refractivity contribution < 1.29 is 9.53 Å². The van der Waals surface area contributed by atoms with E-state index in [1.165, 1.54) is 58.5 Å². The average Bonchev–Trinajstić information content (AvgIpc) is 2.97. The van der Waals surface area contributed by atoms with E-state index in [2.05, 4.69) is 5.32 Å². The normalized spacial score (nSPS) is 24.8. The lowest BCUT2D eigenvalue weighted by molar-refractivity contribution is -0.144. The van der Waals surface area contributed by atoms with Crippen LogP contribution in [0.25, 0.3) is 0 Å². The highest BCUT2D eigenvalue weighted by molar-refractivity contribution is 5.76. The molecule has 0 bridgehead atoms. The van der Waals surface area contributed by atoms with Gasteiger partial charge in [-0.05, 0) is 31.6 Å². The quantitative estimate of drug-likeness (QED) is 0.746. The van der Waals surface area contributed by atoms with Crippen LogP contribution in [-0.2, 0) is 9.53 Å². The number of esters is 1. The summed E-state index contributed by atoms with van der Waals surface area (Å²) in [6.07, 6.45) is 9.95. The van der Waals surface area contributed by atoms with Crippen molar-refractivity contribution in [3.63, 3.8) is 0 Å². The Hall–Kier alpha value is -0.570. The maximum absolute atomic E-state index is 11.8. The molecule has 1 atom stereocenters. The largest absolute Gasteiger partial charge is 0.468 e. The summed E-state index contributed by atoms with van der Waals surface area (Å²) in [5.74, 6) is 0.451. The number of hydrogen-bond acceptors (Lipinski definition) is 3. The van der Waals surface area contributed by atoms with Crippen LogP contribution < -0.4 is 5.32 Å². The van der Waals surface area contributed by atoms with Crippen molar-refractivity contribution in [3.05, 3.63) is 0 Å². The number of hydrogen-bond donors (Lipinski definition) is 1. The number of methoxy groups -OCH3 is 1. The highest BCUT2D eigenvalue weighted by Gasteiger charge is 2.33. The van der Waals surface area contributed by atoms with Crippen LogP contribution in [0.5, 0.6) is 0 Å². The smallest absolute Gasteiger partial charge is 0.323 e. The van der Waals surface area contributed by atoms with Gasteiger partial charge < -0.3 is 10.1 Å². The maximum Gasteiger partial charge on any atom is 0.323 e. The van der Waals surface area contributed by atoms with Crippen LogP contribution in [-0.4, -0.2) is 25.2 Å². The fourth-order valence-electron chi connectivity index (χ4n) is 3.16. The highest BCUT2D eigenvalue weighted by Crippen LogP contribution is 2.29. The molecular formula is C13H23NO2. The average molecular weight is 225 g/mol. The molecule has 1 unspecified atom stereocenters. The summed E-state index contributed by atoms with van der Waals surface area (Å²) in [7, 11) is 1.50. The fourth-order valence-corrected chi connectivity index (χ4v) is 3.16. The molecular weight excluding hydrogens is 202 g/mol. The fraction of sp³-hybridized carbons (Fsp3) is 0.923. The van der Waals surface area contributed by atoms with Gasteiger partial charge in [-0.15, -0.1) is 0 Å². The standard InChI is InChI=1S/C13H23NO2/c1-16-13(15)12(10-6-2-3-7-10)14-11-8-4-5-9-11/h10-12,14H,2-9H2,1H3. The molecule has 2 fully saturated rings. The summed E-state index contributed by atoms with van der Waals surface area (Å²) in [4.78, 5) is 11.8. The molecule has 0 amide bonds. The maximum atomic E-state index is 11.8. The minimum Gasteiger partial charge on any atom is -0.468 e. The van der Waals surface area contributed by atoms with Crippen LogP contribution in [0, 0.1) is 5.92 Å². The van der Waals surface area contributed by atoms with Crippen LogP contribution >= 0.6 is 0 Å². The van der Waals surface area contributed by atoms with Crippen molar-refractivity contribution in [2.45, 2.75) is 63.5 Å². The SMILES string of the molecule is COC(=O)C(NC1CCCC1)C1CCCC1. The van der Waals surface area contributed by atoms with E-state index in [0.29, 0.717) is 12.0 Å². The van der Waals surface area contributed by atoms with Gasteiger partial charge in [-0.3, -0.25) is 4.79 Å². The molecule has 1 N–H and O–H groups in total. The van der Waals surface area contributed by atoms with Crippen molar-refractivity contribution in [2.75, 3.05) is 7.11 Å². The van der Waals surface area contributed by atoms with Crippen molar-refractivity contribution in [1.82, 2.24) is 5.32 Å². The second-order valence-electron chi connectivity index (χ2n) is 5.19. The number of carbonyl (C=O) groups is 1. The second-order valence-corrected chi connectivity index (χ2v) is 5.19. The number of ether oxygens (including phenoxy) is 1. The van der Waals surface area contributed by atoms with Gasteiger partial charge in [-0.1, -0.05) is 25.7 Å². The van der Waals surface area contributed by atoms with E-state index in [0.717, 1.165) is 0 Å². The van der Waals surface area contributed by atoms with Crippen LogP contribution in [0.2, 0.25) is 0 Å². The zero-order valence-electron chi connectivity index (χ0n) is 10.2. The van der Waals surface area contributed by atoms with Gasteiger partial charge in [0.05, 0.1) is 7.11 Å². The molecule has 16 heavy (non-hydrogen) atoms. The summed E-state index contributed by atoms with van der Waals surface area (Å²) in [6, 6.07) is 0.500. The Morgan fingerprint density at radius 2 is 1.69 bits per heavy atom. The third kappa shape index (κ3) is 2.76. The van der Waals surface area contributed by atoms with Crippen LogP contribution in [0.4, 0.5) is 0 Å². The van der Waals surface area contributed by atoms with Gasteiger partial charge in [-0.2, -0.15) is 0 Å². The summed E-state index contributed by atoms with van der Waals surface area (Å²) in [6.45, 7) is 0. The number of rotatable bonds is 4. The summed E-state index contributed by atoms with van der Waals surface area (Å²) >= 11 is 0. The van der Waals surface area contributed by atoms with Gasteiger partial charge in [0.15, 0.2) is 0 Å². The van der Waals surface area contributed by atoms with Crippen molar-refractivity contribution in [3.8, 4) is 0 Å². The molecule has 0 spiro atoms. The third-order valence-corrected chi connectivity index (χ3v) is 4.10. The van der Waals surface area contributed by atoms with E-state index in [1.54, 1.807) is 0 Å². The Labute approximate surface area is 97.9 Å². The first-order chi connectivity index (χ1) is 7.81. The lowest BCUT2D eigenvalue weighted by Crippen LogP contribution is -2.47. The molecule has 92 valence electrons. The van der Waals surface area contributed by atoms with E-state index in [4.69, 9.17) is 4.74 Å². The first kappa shape index (κ1) is 11.9. The third-order valence-electron chi connectivity index (χ3n) is 4.10. The van der Waals surface area contributed by atoms with Crippen LogP contribution in [0.1, 0.15) is 51.4 Å². The molecule has 2 aliphatic carbocycles. The Kier molecular flexibility index (Phi) is 4.22. The summed E-state index contributed by atoms with van der Waals surface area (Å²) in [5.41, 5.74) is 0. The van der Waals surface area contributed by atoms with Crippen LogP contribution in [0.3, 0.4) is 0 Å². The zero-order chi connectivity index (χ0) is 11.4. The molecule has 3 nitrogen and oxygen atoms in total. The molecule has 0 aliphatic heterocycles. The monoisotopic (exact) mass is 225 g/mol. The van der Waals surface area contributed by atoms with E-state index < -0.39 is 0 Å². The van der Waals surface area contributed by atoms with Crippen LogP contribution in [0.15, 0.2) is 0 Å². The van der Waals surface area contributed by atoms with E-state index >= 15 is 0 Å². The summed E-state index contributed by atoms with van der Waals surface area (Å²) in [5, 5.41) is 3.53. The lowest BCUT2D eigenvalue weighted by Gasteiger charge is -2.25. The topological polar surface area (TPSA) is 38.3 Å². The van der Waals surface area contributed by atoms with Crippen molar-refractivity contribution in [1.29, 1.82) is 0 Å². The molecule has 3 heteroatoms. The first-order valence-corrected chi connectivity index (χ1v) is 6.65. The van der Waals surface area contributed by atoms with E-state index in [-0.39, 0.29) is 12.0 Å². The van der Waals surface area contributed by atoms with Gasteiger partial charge in [-0.25, -0.2) is 0 Å². The van der Waals surface area contributed by atoms with Gasteiger partial charge in [0.1, 0.15) is 6.04 Å². The molecule has 0 heterocycles. The Morgan fingerprint density at radius 3 is 2.25 bits per heavy atom. The highest BCUT2D eigenvalue weighted by atomic mass is 16.5. The Morgan fingerprint density at radius 1 is 1.12 bits per heavy atom. The molecule has 2 aliphatic rings. The molecule has 0 aromatic carbocycles. The molecule has 2 rings (SSSR count). The minimum atomic E-state index is -0.0567. The first-order valence-electron chi connectivity index (χ1n) is 6.65. The Balaban J connectivity index is 1.92. The zero-order valence-corrected chi connectivity index (χ0v) is 10.2. The van der Waals surface area contributed by atoms with Gasteiger partial charge >= 0.3 is 5.97 Å². The van der Waals surface area contributed by atoms with Crippen molar-refractivity contribution >= 4 is 5.97 Å². The Bertz CT molecular complexity index is 230. The molecule has 0 radical (unpaired) electrons. The van der Waals surface area contributed by atoms with Crippen molar-refractivity contribution in [2.24, 2.45) is 5.92 Å². The minimum absolute atomic E-state index is 0.0457. The second kappa shape index (κ2) is 5.67. The number of nitrogens with one attached hydrogen (secondary N) is 1. The predicted molar refractivity (Wildman–Crippen MR) is 63.2 cm³/mol. The number of carbonyl (C=O) groups excluding carboxylic acids is 1.